The summed E-state index contributed by atoms with van der Waals surface area (Å²) in [6.07, 6.45) is 2.26. The van der Waals surface area contributed by atoms with E-state index in [-0.39, 0.29) is 5.78 Å². The van der Waals surface area contributed by atoms with E-state index >= 15 is 0 Å². The lowest BCUT2D eigenvalue weighted by Gasteiger charge is -2.07. The number of hydrogen-bond acceptors (Lipinski definition) is 3. The molecule has 1 heterocycles. The predicted octanol–water partition coefficient (Wildman–Crippen LogP) is 4.59. The van der Waals surface area contributed by atoms with Crippen molar-refractivity contribution in [2.75, 3.05) is 0 Å². The number of carbonyl (C=O) groups is 1. The molecule has 0 unspecified atom stereocenters. The van der Waals surface area contributed by atoms with Gasteiger partial charge in [0.05, 0.1) is 4.47 Å². The van der Waals surface area contributed by atoms with E-state index < -0.39 is 0 Å². The van der Waals surface area contributed by atoms with Gasteiger partial charge < -0.3 is 0 Å². The summed E-state index contributed by atoms with van der Waals surface area (Å²) in [5, 5.41) is 0.869. The average Bonchev–Trinajstić information content (AvgIpc) is 2.41. The minimum atomic E-state index is 0.158. The molecule has 0 amide bonds. The zero-order valence-corrected chi connectivity index (χ0v) is 12.3. The molecule has 0 aliphatic rings. The van der Waals surface area contributed by atoms with Gasteiger partial charge in [0.25, 0.3) is 0 Å². The molecule has 0 fully saturated rings. The van der Waals surface area contributed by atoms with Crippen LogP contribution < -0.4 is 0 Å². The van der Waals surface area contributed by atoms with Crippen molar-refractivity contribution in [2.45, 2.75) is 23.3 Å². The highest BCUT2D eigenvalue weighted by molar-refractivity contribution is 9.10. The zero-order valence-electron chi connectivity index (χ0n) is 9.89. The van der Waals surface area contributed by atoms with Crippen LogP contribution in [0.15, 0.2) is 57.0 Å². The Morgan fingerprint density at radius 1 is 1.28 bits per heavy atom. The summed E-state index contributed by atoms with van der Waals surface area (Å²) in [4.78, 5) is 17.1. The molecule has 92 valence electrons. The number of hydrogen-bond donors (Lipinski definition) is 0. The summed E-state index contributed by atoms with van der Waals surface area (Å²) in [7, 11) is 0. The monoisotopic (exact) mass is 321 g/mol. The largest absolute Gasteiger partial charge is 0.294 e. The lowest BCUT2D eigenvalue weighted by molar-refractivity contribution is 0.0985. The fraction of sp³-hybridized carbons (Fsp3) is 0.143. The number of rotatable bonds is 4. The Kier molecular flexibility index (Phi) is 4.55. The number of ketones is 1. The van der Waals surface area contributed by atoms with Crippen LogP contribution in [0.3, 0.4) is 0 Å². The van der Waals surface area contributed by atoms with Gasteiger partial charge in [0.15, 0.2) is 5.78 Å². The van der Waals surface area contributed by atoms with Gasteiger partial charge in [0, 0.05) is 23.1 Å². The maximum absolute atomic E-state index is 11.9. The molecule has 1 aromatic carbocycles. The molecule has 0 aliphatic heterocycles. The van der Waals surface area contributed by atoms with Crippen LogP contribution >= 0.6 is 27.7 Å². The van der Waals surface area contributed by atoms with E-state index in [2.05, 4.69) is 20.9 Å². The molecular formula is C14H12BrNOS. The van der Waals surface area contributed by atoms with E-state index in [1.165, 1.54) is 11.8 Å². The summed E-state index contributed by atoms with van der Waals surface area (Å²) in [5.41, 5.74) is 0.766. The van der Waals surface area contributed by atoms with Crippen LogP contribution in [-0.2, 0) is 0 Å². The standard InChI is InChI=1S/C14H12BrNOS/c1-2-12(17)10-6-3-4-8-13(10)18-14-11(15)7-5-9-16-14/h3-9H,2H2,1H3. The van der Waals surface area contributed by atoms with E-state index in [0.717, 1.165) is 20.0 Å². The smallest absolute Gasteiger partial charge is 0.163 e. The molecule has 18 heavy (non-hydrogen) atoms. The Balaban J connectivity index is 2.35. The molecule has 0 spiro atoms. The van der Waals surface area contributed by atoms with Crippen LogP contribution in [-0.4, -0.2) is 10.8 Å². The molecular weight excluding hydrogens is 310 g/mol. The van der Waals surface area contributed by atoms with E-state index in [1.807, 2.05) is 43.3 Å². The highest BCUT2D eigenvalue weighted by Gasteiger charge is 2.11. The second-order valence-electron chi connectivity index (χ2n) is 3.67. The molecule has 0 aliphatic carbocycles. The minimum Gasteiger partial charge on any atom is -0.294 e. The summed E-state index contributed by atoms with van der Waals surface area (Å²) in [6.45, 7) is 1.88. The fourth-order valence-corrected chi connectivity index (χ4v) is 2.95. The molecule has 2 nitrogen and oxygen atoms in total. The van der Waals surface area contributed by atoms with Crippen molar-refractivity contribution in [3.05, 3.63) is 52.6 Å². The number of carbonyl (C=O) groups excluding carboxylic acids is 1. The molecule has 2 aromatic rings. The first-order chi connectivity index (χ1) is 8.72. The Bertz CT molecular complexity index is 571. The number of benzene rings is 1. The molecule has 0 bridgehead atoms. The highest BCUT2D eigenvalue weighted by Crippen LogP contribution is 2.33. The lowest BCUT2D eigenvalue weighted by atomic mass is 10.1. The third kappa shape index (κ3) is 3.00. The van der Waals surface area contributed by atoms with E-state index in [1.54, 1.807) is 6.20 Å². The van der Waals surface area contributed by atoms with Crippen molar-refractivity contribution in [2.24, 2.45) is 0 Å². The second-order valence-corrected chi connectivity index (χ2v) is 5.55. The average molecular weight is 322 g/mol. The Labute approximate surface area is 119 Å². The van der Waals surface area contributed by atoms with Gasteiger partial charge in [-0.25, -0.2) is 4.98 Å². The van der Waals surface area contributed by atoms with Crippen LogP contribution in [0.1, 0.15) is 23.7 Å². The maximum atomic E-state index is 11.9. The summed E-state index contributed by atoms with van der Waals surface area (Å²) in [5.74, 6) is 0.158. The van der Waals surface area contributed by atoms with E-state index in [9.17, 15) is 4.79 Å². The lowest BCUT2D eigenvalue weighted by Crippen LogP contribution is -1.98. The molecule has 1 aromatic heterocycles. The molecule has 0 N–H and O–H groups in total. The third-order valence-corrected chi connectivity index (χ3v) is 4.44. The van der Waals surface area contributed by atoms with Crippen LogP contribution in [0.5, 0.6) is 0 Å². The van der Waals surface area contributed by atoms with Gasteiger partial charge in [-0.1, -0.05) is 36.9 Å². The zero-order chi connectivity index (χ0) is 13.0. The maximum Gasteiger partial charge on any atom is 0.163 e. The van der Waals surface area contributed by atoms with Crippen LogP contribution in [0.4, 0.5) is 0 Å². The Morgan fingerprint density at radius 3 is 2.78 bits per heavy atom. The number of Topliss-reactive ketones (excluding diaryl/α,β-unsaturated/α-hetero) is 1. The second kappa shape index (κ2) is 6.16. The number of pyridine rings is 1. The summed E-state index contributed by atoms with van der Waals surface area (Å²) in [6, 6.07) is 11.5. The van der Waals surface area contributed by atoms with Gasteiger partial charge in [-0.05, 0) is 34.1 Å². The summed E-state index contributed by atoms with van der Waals surface area (Å²) < 4.78 is 0.939. The van der Waals surface area contributed by atoms with Crippen LogP contribution in [0.25, 0.3) is 0 Å². The van der Waals surface area contributed by atoms with Gasteiger partial charge in [0.1, 0.15) is 5.03 Å². The Hall–Kier alpha value is -1.13. The van der Waals surface area contributed by atoms with Crippen LogP contribution in [0.2, 0.25) is 0 Å². The van der Waals surface area contributed by atoms with Crippen molar-refractivity contribution in [1.82, 2.24) is 4.98 Å². The quantitative estimate of drug-likeness (QED) is 0.771. The van der Waals surface area contributed by atoms with Gasteiger partial charge in [0.2, 0.25) is 0 Å². The van der Waals surface area contributed by atoms with Gasteiger partial charge in [-0.3, -0.25) is 4.79 Å². The van der Waals surface area contributed by atoms with Gasteiger partial charge in [-0.2, -0.15) is 0 Å². The van der Waals surface area contributed by atoms with Crippen molar-refractivity contribution in [3.63, 3.8) is 0 Å². The molecule has 4 heteroatoms. The molecule has 0 atom stereocenters. The Morgan fingerprint density at radius 2 is 2.06 bits per heavy atom. The number of aromatic nitrogens is 1. The third-order valence-electron chi connectivity index (χ3n) is 2.44. The first kappa shape index (κ1) is 13.3. The van der Waals surface area contributed by atoms with E-state index in [0.29, 0.717) is 6.42 Å². The predicted molar refractivity (Wildman–Crippen MR) is 77.1 cm³/mol. The number of nitrogens with zero attached hydrogens (tertiary/aromatic N) is 1. The number of halogens is 1. The first-order valence-corrected chi connectivity index (χ1v) is 7.24. The first-order valence-electron chi connectivity index (χ1n) is 5.63. The molecule has 2 rings (SSSR count). The summed E-state index contributed by atoms with van der Waals surface area (Å²) >= 11 is 4.97. The molecule has 0 saturated carbocycles. The van der Waals surface area contributed by atoms with Crippen molar-refractivity contribution < 1.29 is 4.79 Å². The fourth-order valence-electron chi connectivity index (χ4n) is 1.53. The molecule has 0 radical (unpaired) electrons. The van der Waals surface area contributed by atoms with Crippen molar-refractivity contribution in [3.8, 4) is 0 Å². The van der Waals surface area contributed by atoms with Gasteiger partial charge >= 0.3 is 0 Å². The van der Waals surface area contributed by atoms with Gasteiger partial charge in [-0.15, -0.1) is 0 Å². The van der Waals surface area contributed by atoms with Crippen LogP contribution in [0, 0.1) is 0 Å². The highest BCUT2D eigenvalue weighted by atomic mass is 79.9. The SMILES string of the molecule is CCC(=O)c1ccccc1Sc1ncccc1Br. The van der Waals surface area contributed by atoms with E-state index in [4.69, 9.17) is 0 Å². The normalized spacial score (nSPS) is 10.3. The van der Waals surface area contributed by atoms with Crippen molar-refractivity contribution >= 4 is 33.5 Å². The topological polar surface area (TPSA) is 30.0 Å². The minimum absolute atomic E-state index is 0.158. The molecule has 0 saturated heterocycles. The van der Waals surface area contributed by atoms with Crippen molar-refractivity contribution in [1.29, 1.82) is 0 Å².